The van der Waals surface area contributed by atoms with E-state index in [-0.39, 0.29) is 17.8 Å². The molecule has 0 fully saturated rings. The number of allylic oxidation sites excluding steroid dienone is 1. The highest BCUT2D eigenvalue weighted by molar-refractivity contribution is 7.19. The standard InChI is InChI=1S/C19H12ClN3OS/c20-13(10-21)9-12-5-1-2-6-14(12)18(24)15(11-22)19-23-16-7-3-4-8-17(16)25-19/h1-8,13,24H,9H2/b18-15-. The monoisotopic (exact) mass is 365 g/mol. The van der Waals surface area contributed by atoms with Gasteiger partial charge in [0.05, 0.1) is 16.3 Å². The fourth-order valence-corrected chi connectivity index (χ4v) is 3.61. The predicted molar refractivity (Wildman–Crippen MR) is 100 cm³/mol. The van der Waals surface area contributed by atoms with E-state index in [0.29, 0.717) is 16.1 Å². The summed E-state index contributed by atoms with van der Waals surface area (Å²) in [6.07, 6.45) is 0.275. The van der Waals surface area contributed by atoms with Crippen LogP contribution in [0.5, 0.6) is 0 Å². The van der Waals surface area contributed by atoms with Crippen LogP contribution >= 0.6 is 22.9 Å². The molecular weight excluding hydrogens is 354 g/mol. The number of para-hydroxylation sites is 1. The fourth-order valence-electron chi connectivity index (χ4n) is 2.48. The molecule has 0 aliphatic rings. The summed E-state index contributed by atoms with van der Waals surface area (Å²) >= 11 is 7.27. The molecule has 0 aliphatic carbocycles. The van der Waals surface area contributed by atoms with Crippen LogP contribution in [0.25, 0.3) is 21.5 Å². The lowest BCUT2D eigenvalue weighted by Crippen LogP contribution is -2.03. The molecule has 1 aromatic heterocycles. The average Bonchev–Trinajstić information content (AvgIpc) is 3.06. The number of alkyl halides is 1. The van der Waals surface area contributed by atoms with E-state index in [2.05, 4.69) is 11.1 Å². The van der Waals surface area contributed by atoms with Gasteiger partial charge in [0.1, 0.15) is 27.8 Å². The van der Waals surface area contributed by atoms with Crippen LogP contribution in [0.1, 0.15) is 16.1 Å². The number of aliphatic hydroxyl groups excluding tert-OH is 1. The van der Waals surface area contributed by atoms with Gasteiger partial charge in [-0.15, -0.1) is 22.9 Å². The first-order chi connectivity index (χ1) is 12.1. The van der Waals surface area contributed by atoms with Gasteiger partial charge in [0.2, 0.25) is 0 Å². The number of benzene rings is 2. The van der Waals surface area contributed by atoms with Crippen LogP contribution in [0.15, 0.2) is 48.5 Å². The second-order valence-corrected chi connectivity index (χ2v) is 6.84. The Morgan fingerprint density at radius 2 is 1.88 bits per heavy atom. The number of nitriles is 2. The largest absolute Gasteiger partial charge is 0.506 e. The maximum absolute atomic E-state index is 10.7. The van der Waals surface area contributed by atoms with E-state index in [4.69, 9.17) is 16.9 Å². The summed E-state index contributed by atoms with van der Waals surface area (Å²) in [6.45, 7) is 0. The van der Waals surface area contributed by atoms with E-state index < -0.39 is 5.38 Å². The van der Waals surface area contributed by atoms with Gasteiger partial charge in [0, 0.05) is 12.0 Å². The zero-order valence-corrected chi connectivity index (χ0v) is 14.6. The van der Waals surface area contributed by atoms with E-state index in [0.717, 1.165) is 10.2 Å². The van der Waals surface area contributed by atoms with Gasteiger partial charge in [-0.1, -0.05) is 36.4 Å². The minimum absolute atomic E-state index is 0.108. The molecule has 0 saturated heterocycles. The fraction of sp³-hybridized carbons (Fsp3) is 0.105. The van der Waals surface area contributed by atoms with Crippen molar-refractivity contribution < 1.29 is 5.11 Å². The number of rotatable bonds is 4. The van der Waals surface area contributed by atoms with Crippen molar-refractivity contribution in [3.8, 4) is 12.1 Å². The summed E-state index contributed by atoms with van der Waals surface area (Å²) in [6, 6.07) is 18.6. The smallest absolute Gasteiger partial charge is 0.143 e. The molecule has 0 saturated carbocycles. The third-order valence-electron chi connectivity index (χ3n) is 3.67. The molecule has 0 radical (unpaired) electrons. The van der Waals surface area contributed by atoms with E-state index >= 15 is 0 Å². The zero-order valence-electron chi connectivity index (χ0n) is 13.0. The molecule has 3 aromatic rings. The Morgan fingerprint density at radius 3 is 2.60 bits per heavy atom. The lowest BCUT2D eigenvalue weighted by atomic mass is 9.99. The number of hydrogen-bond acceptors (Lipinski definition) is 5. The topological polar surface area (TPSA) is 80.7 Å². The lowest BCUT2D eigenvalue weighted by Gasteiger charge is -2.10. The SMILES string of the molecule is N#C/C(=C(/O)c1ccccc1CC(Cl)C#N)c1nc2ccccc2s1. The highest BCUT2D eigenvalue weighted by atomic mass is 35.5. The molecule has 0 bridgehead atoms. The van der Waals surface area contributed by atoms with Crippen LogP contribution in [-0.4, -0.2) is 15.5 Å². The lowest BCUT2D eigenvalue weighted by molar-refractivity contribution is 0.513. The summed E-state index contributed by atoms with van der Waals surface area (Å²) in [5, 5.41) is 29.0. The molecule has 1 unspecified atom stereocenters. The third kappa shape index (κ3) is 3.49. The van der Waals surface area contributed by atoms with Crippen molar-refractivity contribution in [2.75, 3.05) is 0 Å². The van der Waals surface area contributed by atoms with Gasteiger partial charge in [-0.05, 0) is 17.7 Å². The zero-order chi connectivity index (χ0) is 17.8. The Morgan fingerprint density at radius 1 is 1.16 bits per heavy atom. The number of aliphatic hydroxyl groups is 1. The number of aromatic nitrogens is 1. The van der Waals surface area contributed by atoms with Gasteiger partial charge < -0.3 is 5.11 Å². The molecule has 0 aliphatic heterocycles. The van der Waals surface area contributed by atoms with Gasteiger partial charge in [-0.25, -0.2) is 4.98 Å². The molecule has 4 nitrogen and oxygen atoms in total. The van der Waals surface area contributed by atoms with Crippen molar-refractivity contribution in [1.82, 2.24) is 4.98 Å². The Balaban J connectivity index is 2.12. The molecule has 1 heterocycles. The second kappa shape index (κ2) is 7.36. The third-order valence-corrected chi connectivity index (χ3v) is 4.97. The summed E-state index contributed by atoms with van der Waals surface area (Å²) in [4.78, 5) is 4.44. The highest BCUT2D eigenvalue weighted by Gasteiger charge is 2.18. The first kappa shape index (κ1) is 17.0. The van der Waals surface area contributed by atoms with Gasteiger partial charge in [-0.3, -0.25) is 0 Å². The number of thiazole rings is 1. The minimum Gasteiger partial charge on any atom is -0.506 e. The maximum Gasteiger partial charge on any atom is 0.143 e. The molecule has 122 valence electrons. The first-order valence-corrected chi connectivity index (χ1v) is 8.70. The van der Waals surface area contributed by atoms with Crippen LogP contribution < -0.4 is 0 Å². The number of halogens is 1. The Bertz CT molecular complexity index is 1010. The predicted octanol–water partition coefficient (Wildman–Crippen LogP) is 4.92. The molecular formula is C19H12ClN3OS. The van der Waals surface area contributed by atoms with Crippen LogP contribution in [0.4, 0.5) is 0 Å². The molecule has 1 atom stereocenters. The van der Waals surface area contributed by atoms with Crippen molar-refractivity contribution in [2.45, 2.75) is 11.8 Å². The number of fused-ring (bicyclic) bond motifs is 1. The quantitative estimate of drug-likeness (QED) is 0.404. The normalized spacial score (nSPS) is 12.9. The average molecular weight is 366 g/mol. The second-order valence-electron chi connectivity index (χ2n) is 5.28. The molecule has 0 spiro atoms. The van der Waals surface area contributed by atoms with E-state index in [1.165, 1.54) is 11.3 Å². The first-order valence-electron chi connectivity index (χ1n) is 7.45. The molecule has 1 N–H and O–H groups in total. The molecule has 0 amide bonds. The molecule has 6 heteroatoms. The van der Waals surface area contributed by atoms with Crippen LogP contribution in [0.2, 0.25) is 0 Å². The van der Waals surface area contributed by atoms with E-state index in [9.17, 15) is 10.4 Å². The van der Waals surface area contributed by atoms with Crippen LogP contribution in [-0.2, 0) is 6.42 Å². The van der Waals surface area contributed by atoms with Crippen LogP contribution in [0, 0.1) is 22.7 Å². The minimum atomic E-state index is -0.707. The number of hydrogen-bond donors (Lipinski definition) is 1. The van der Waals surface area contributed by atoms with E-state index in [1.807, 2.05) is 30.3 Å². The van der Waals surface area contributed by atoms with Gasteiger partial charge in [0.15, 0.2) is 0 Å². The van der Waals surface area contributed by atoms with Crippen molar-refractivity contribution in [2.24, 2.45) is 0 Å². The Kier molecular flexibility index (Phi) is 5.00. The van der Waals surface area contributed by atoms with Gasteiger partial charge in [-0.2, -0.15) is 10.5 Å². The number of nitrogens with zero attached hydrogens (tertiary/aromatic N) is 3. The summed E-state index contributed by atoms with van der Waals surface area (Å²) in [5.41, 5.74) is 2.08. The van der Waals surface area contributed by atoms with Crippen molar-refractivity contribution in [3.63, 3.8) is 0 Å². The highest BCUT2D eigenvalue weighted by Crippen LogP contribution is 2.32. The summed E-state index contributed by atoms with van der Waals surface area (Å²) in [5.74, 6) is -0.154. The van der Waals surface area contributed by atoms with E-state index in [1.54, 1.807) is 24.3 Å². The van der Waals surface area contributed by atoms with Crippen molar-refractivity contribution in [1.29, 1.82) is 10.5 Å². The molecule has 3 rings (SSSR count). The molecule has 2 aromatic carbocycles. The molecule has 25 heavy (non-hydrogen) atoms. The van der Waals surface area contributed by atoms with Crippen LogP contribution in [0.3, 0.4) is 0 Å². The Labute approximate surface area is 153 Å². The Hall–Kier alpha value is -2.86. The summed E-state index contributed by atoms with van der Waals surface area (Å²) < 4.78 is 0.941. The van der Waals surface area contributed by atoms with Crippen molar-refractivity contribution >= 4 is 44.5 Å². The van der Waals surface area contributed by atoms with Crippen molar-refractivity contribution in [3.05, 3.63) is 64.7 Å². The van der Waals surface area contributed by atoms with Gasteiger partial charge >= 0.3 is 0 Å². The maximum atomic E-state index is 10.7. The van der Waals surface area contributed by atoms with Gasteiger partial charge in [0.25, 0.3) is 0 Å². The summed E-state index contributed by atoms with van der Waals surface area (Å²) in [7, 11) is 0.